The average Bonchev–Trinajstić information content (AvgIpc) is 2.49. The molecule has 2 unspecified atom stereocenters. The van der Waals surface area contributed by atoms with Crippen molar-refractivity contribution in [3.8, 4) is 0 Å². The normalized spacial score (nSPS) is 23.0. The maximum absolute atomic E-state index is 12.2. The van der Waals surface area contributed by atoms with Gasteiger partial charge in [-0.1, -0.05) is 26.0 Å². The Morgan fingerprint density at radius 3 is 3.00 bits per heavy atom. The van der Waals surface area contributed by atoms with Crippen LogP contribution in [-0.2, 0) is 11.2 Å². The van der Waals surface area contributed by atoms with Crippen molar-refractivity contribution in [1.29, 1.82) is 0 Å². The van der Waals surface area contributed by atoms with Crippen molar-refractivity contribution in [3.05, 3.63) is 29.8 Å². The van der Waals surface area contributed by atoms with Crippen molar-refractivity contribution in [1.82, 2.24) is 4.90 Å². The van der Waals surface area contributed by atoms with Crippen molar-refractivity contribution < 1.29 is 4.79 Å². The van der Waals surface area contributed by atoms with Gasteiger partial charge in [-0.2, -0.15) is 0 Å². The molecule has 0 spiro atoms. The number of hydrogen-bond donors (Lipinski definition) is 2. The van der Waals surface area contributed by atoms with Crippen LogP contribution in [0.3, 0.4) is 0 Å². The van der Waals surface area contributed by atoms with Gasteiger partial charge in [-0.3, -0.25) is 9.69 Å². The summed E-state index contributed by atoms with van der Waals surface area (Å²) in [5.41, 5.74) is 7.94. The van der Waals surface area contributed by atoms with E-state index in [1.54, 1.807) is 0 Å². The lowest BCUT2D eigenvalue weighted by molar-refractivity contribution is -0.117. The number of aryl methyl sites for hydroxylation is 1. The average molecular weight is 289 g/mol. The summed E-state index contributed by atoms with van der Waals surface area (Å²) in [5.74, 6) is 1.24. The highest BCUT2D eigenvalue weighted by Gasteiger charge is 2.26. The fourth-order valence-electron chi connectivity index (χ4n) is 2.95. The van der Waals surface area contributed by atoms with Crippen LogP contribution in [0.4, 0.5) is 5.69 Å². The molecule has 0 radical (unpaired) electrons. The molecule has 2 atom stereocenters. The predicted molar refractivity (Wildman–Crippen MR) is 87.2 cm³/mol. The molecule has 0 aliphatic carbocycles. The molecule has 116 valence electrons. The molecular weight excluding hydrogens is 262 g/mol. The first-order valence-corrected chi connectivity index (χ1v) is 7.93. The lowest BCUT2D eigenvalue weighted by Gasteiger charge is -2.36. The first kappa shape index (κ1) is 16.0. The molecule has 1 heterocycles. The third-order valence-corrected chi connectivity index (χ3v) is 4.49. The van der Waals surface area contributed by atoms with Gasteiger partial charge in [0.2, 0.25) is 5.91 Å². The summed E-state index contributed by atoms with van der Waals surface area (Å²) in [5, 5.41) is 3.00. The van der Waals surface area contributed by atoms with E-state index in [9.17, 15) is 4.79 Å². The number of carbonyl (C=O) groups excluding carboxylic acids is 1. The summed E-state index contributed by atoms with van der Waals surface area (Å²) >= 11 is 0. The van der Waals surface area contributed by atoms with Crippen molar-refractivity contribution >= 4 is 11.6 Å². The monoisotopic (exact) mass is 289 g/mol. The minimum Gasteiger partial charge on any atom is -0.330 e. The highest BCUT2D eigenvalue weighted by atomic mass is 16.2. The molecule has 4 nitrogen and oxygen atoms in total. The number of benzene rings is 1. The minimum absolute atomic E-state index is 0.0635. The quantitative estimate of drug-likeness (QED) is 0.873. The Kier molecular flexibility index (Phi) is 5.76. The van der Waals surface area contributed by atoms with Crippen LogP contribution in [0.5, 0.6) is 0 Å². The second kappa shape index (κ2) is 7.57. The number of carbonyl (C=O) groups is 1. The van der Waals surface area contributed by atoms with E-state index < -0.39 is 0 Å². The zero-order chi connectivity index (χ0) is 15.2. The van der Waals surface area contributed by atoms with Gasteiger partial charge in [0, 0.05) is 12.2 Å². The van der Waals surface area contributed by atoms with Crippen LogP contribution in [0.15, 0.2) is 24.3 Å². The number of nitrogens with one attached hydrogen (secondary N) is 1. The van der Waals surface area contributed by atoms with Gasteiger partial charge in [0.1, 0.15) is 0 Å². The molecule has 1 fully saturated rings. The van der Waals surface area contributed by atoms with E-state index in [4.69, 9.17) is 5.73 Å². The summed E-state index contributed by atoms with van der Waals surface area (Å²) < 4.78 is 0. The molecule has 4 heteroatoms. The highest BCUT2D eigenvalue weighted by Crippen LogP contribution is 2.22. The largest absolute Gasteiger partial charge is 0.330 e. The number of nitrogens with two attached hydrogens (primary N) is 1. The molecule has 1 amide bonds. The van der Waals surface area contributed by atoms with Crippen LogP contribution in [-0.4, -0.2) is 37.0 Å². The molecule has 0 bridgehead atoms. The number of amides is 1. The Morgan fingerprint density at radius 1 is 1.48 bits per heavy atom. The van der Waals surface area contributed by atoms with E-state index in [-0.39, 0.29) is 5.91 Å². The van der Waals surface area contributed by atoms with Gasteiger partial charge in [-0.05, 0) is 55.5 Å². The van der Waals surface area contributed by atoms with E-state index in [0.29, 0.717) is 24.9 Å². The second-order valence-corrected chi connectivity index (χ2v) is 6.10. The van der Waals surface area contributed by atoms with Crippen molar-refractivity contribution in [2.75, 3.05) is 31.5 Å². The first-order chi connectivity index (χ1) is 10.1. The maximum atomic E-state index is 12.2. The van der Waals surface area contributed by atoms with Crippen LogP contribution in [0.2, 0.25) is 0 Å². The summed E-state index contributed by atoms with van der Waals surface area (Å²) in [6, 6.07) is 8.05. The zero-order valence-corrected chi connectivity index (χ0v) is 13.1. The maximum Gasteiger partial charge on any atom is 0.238 e. The van der Waals surface area contributed by atoms with Crippen molar-refractivity contribution in [2.45, 2.75) is 26.7 Å². The van der Waals surface area contributed by atoms with E-state index in [1.807, 2.05) is 18.2 Å². The topological polar surface area (TPSA) is 58.4 Å². The van der Waals surface area contributed by atoms with Crippen LogP contribution < -0.4 is 11.1 Å². The van der Waals surface area contributed by atoms with Crippen molar-refractivity contribution in [3.63, 3.8) is 0 Å². The smallest absolute Gasteiger partial charge is 0.238 e. The number of likely N-dealkylation sites (tertiary alicyclic amines) is 1. The molecule has 21 heavy (non-hydrogen) atoms. The fraction of sp³-hybridized carbons (Fsp3) is 0.588. The predicted octanol–water partition coefficient (Wildman–Crippen LogP) is 2.10. The number of rotatable bonds is 5. The van der Waals surface area contributed by atoms with Gasteiger partial charge >= 0.3 is 0 Å². The van der Waals surface area contributed by atoms with Crippen LogP contribution in [0.1, 0.15) is 25.8 Å². The highest BCUT2D eigenvalue weighted by molar-refractivity contribution is 5.92. The lowest BCUT2D eigenvalue weighted by Crippen LogP contribution is -2.45. The molecule has 1 aromatic carbocycles. The molecule has 2 rings (SSSR count). The molecule has 1 aromatic rings. The van der Waals surface area contributed by atoms with Gasteiger partial charge in [0.25, 0.3) is 0 Å². The third-order valence-electron chi connectivity index (χ3n) is 4.49. The SMILES string of the molecule is CCc1cccc(NC(=O)CN2CCC(C)C(CN)C2)c1. The van der Waals surface area contributed by atoms with Gasteiger partial charge in [-0.15, -0.1) is 0 Å². The molecule has 0 aromatic heterocycles. The number of anilines is 1. The number of piperidine rings is 1. The molecular formula is C17H27N3O. The molecule has 1 aliphatic heterocycles. The fourth-order valence-corrected chi connectivity index (χ4v) is 2.95. The van der Waals surface area contributed by atoms with Crippen molar-refractivity contribution in [2.24, 2.45) is 17.6 Å². The van der Waals surface area contributed by atoms with E-state index >= 15 is 0 Å². The Balaban J connectivity index is 1.86. The second-order valence-electron chi connectivity index (χ2n) is 6.10. The van der Waals surface area contributed by atoms with Gasteiger partial charge in [0.15, 0.2) is 0 Å². The molecule has 0 saturated carbocycles. The van der Waals surface area contributed by atoms with Gasteiger partial charge in [-0.25, -0.2) is 0 Å². The van der Waals surface area contributed by atoms with Crippen LogP contribution >= 0.6 is 0 Å². The van der Waals surface area contributed by atoms with E-state index in [1.165, 1.54) is 5.56 Å². The molecule has 1 saturated heterocycles. The third kappa shape index (κ3) is 4.55. The van der Waals surface area contributed by atoms with E-state index in [0.717, 1.165) is 31.6 Å². The summed E-state index contributed by atoms with van der Waals surface area (Å²) in [4.78, 5) is 14.4. The standard InChI is InChI=1S/C17H27N3O/c1-3-14-5-4-6-16(9-14)19-17(21)12-20-8-7-13(2)15(10-18)11-20/h4-6,9,13,15H,3,7-8,10-12,18H2,1-2H3,(H,19,21). The number of hydrogen-bond acceptors (Lipinski definition) is 3. The lowest BCUT2D eigenvalue weighted by atomic mass is 9.87. The Labute approximate surface area is 127 Å². The number of nitrogens with zero attached hydrogens (tertiary/aromatic N) is 1. The van der Waals surface area contributed by atoms with E-state index in [2.05, 4.69) is 30.1 Å². The zero-order valence-electron chi connectivity index (χ0n) is 13.1. The summed E-state index contributed by atoms with van der Waals surface area (Å²) in [6.45, 7) is 7.45. The Morgan fingerprint density at radius 2 is 2.29 bits per heavy atom. The summed E-state index contributed by atoms with van der Waals surface area (Å²) in [6.07, 6.45) is 2.10. The first-order valence-electron chi connectivity index (χ1n) is 7.93. The summed E-state index contributed by atoms with van der Waals surface area (Å²) in [7, 11) is 0. The minimum atomic E-state index is 0.0635. The van der Waals surface area contributed by atoms with Gasteiger partial charge in [0.05, 0.1) is 6.54 Å². The Hall–Kier alpha value is -1.39. The van der Waals surface area contributed by atoms with Gasteiger partial charge < -0.3 is 11.1 Å². The van der Waals surface area contributed by atoms with Crippen LogP contribution in [0, 0.1) is 11.8 Å². The molecule has 1 aliphatic rings. The Bertz CT molecular complexity index is 475. The molecule has 3 N–H and O–H groups in total. The van der Waals surface area contributed by atoms with Crippen LogP contribution in [0.25, 0.3) is 0 Å².